The van der Waals surface area contributed by atoms with E-state index >= 15 is 0 Å². The van der Waals surface area contributed by atoms with Crippen molar-refractivity contribution in [3.63, 3.8) is 0 Å². The van der Waals surface area contributed by atoms with Gasteiger partial charge in [-0.25, -0.2) is 9.37 Å². The van der Waals surface area contributed by atoms with E-state index in [-0.39, 0.29) is 5.56 Å². The summed E-state index contributed by atoms with van der Waals surface area (Å²) in [6.07, 6.45) is 0. The second-order valence-electron chi connectivity index (χ2n) is 4.70. The van der Waals surface area contributed by atoms with Gasteiger partial charge in [0.25, 0.3) is 0 Å². The van der Waals surface area contributed by atoms with Crippen LogP contribution in [0.1, 0.15) is 0 Å². The monoisotopic (exact) mass is 304 g/mol. The molecule has 0 amide bonds. The van der Waals surface area contributed by atoms with Crippen LogP contribution in [-0.2, 0) is 0 Å². The summed E-state index contributed by atoms with van der Waals surface area (Å²) in [5.74, 6) is 1.27. The molecule has 2 aromatic carbocycles. The molecule has 4 rings (SSSR count). The molecule has 4 nitrogen and oxygen atoms in total. The minimum Gasteiger partial charge on any atom is -0.486 e. The maximum Gasteiger partial charge on any atom is 0.163 e. The number of halogens is 2. The van der Waals surface area contributed by atoms with Gasteiger partial charge in [-0.05, 0) is 12.1 Å². The summed E-state index contributed by atoms with van der Waals surface area (Å²) >= 11 is 6.07. The molecule has 6 heteroatoms. The molecule has 0 aliphatic carbocycles. The number of imidazole rings is 1. The van der Waals surface area contributed by atoms with Crippen molar-refractivity contribution >= 4 is 22.6 Å². The molecule has 1 aliphatic heterocycles. The van der Waals surface area contributed by atoms with Crippen LogP contribution in [0.4, 0.5) is 4.39 Å². The first-order valence-electron chi connectivity index (χ1n) is 6.46. The highest BCUT2D eigenvalue weighted by atomic mass is 35.5. The number of aromatic amines is 1. The normalized spacial score (nSPS) is 13.6. The zero-order valence-corrected chi connectivity index (χ0v) is 11.6. The van der Waals surface area contributed by atoms with E-state index in [0.29, 0.717) is 41.1 Å². The Bertz CT molecular complexity index is 784. The van der Waals surface area contributed by atoms with E-state index < -0.39 is 5.82 Å². The minimum atomic E-state index is -0.418. The smallest absolute Gasteiger partial charge is 0.163 e. The third-order valence-corrected chi connectivity index (χ3v) is 3.66. The lowest BCUT2D eigenvalue weighted by Crippen LogP contribution is -2.15. The standard InChI is InChI=1S/C15H10ClFN2O2/c16-8-2-1-3-9(17)14(8)15-18-10-6-12-13(7-11(10)19-15)21-5-4-20-12/h1-3,6-7H,4-5H2,(H,18,19). The molecular weight excluding hydrogens is 295 g/mol. The van der Waals surface area contributed by atoms with Crippen molar-refractivity contribution in [3.05, 3.63) is 41.2 Å². The Morgan fingerprint density at radius 3 is 2.67 bits per heavy atom. The Morgan fingerprint density at radius 2 is 1.90 bits per heavy atom. The molecule has 3 aromatic rings. The summed E-state index contributed by atoms with van der Waals surface area (Å²) in [7, 11) is 0. The van der Waals surface area contributed by atoms with Gasteiger partial charge in [-0.1, -0.05) is 17.7 Å². The average molecular weight is 305 g/mol. The van der Waals surface area contributed by atoms with E-state index in [4.69, 9.17) is 21.1 Å². The molecular formula is C15H10ClFN2O2. The van der Waals surface area contributed by atoms with Crippen LogP contribution in [0.5, 0.6) is 11.5 Å². The van der Waals surface area contributed by atoms with Crippen molar-refractivity contribution in [3.8, 4) is 22.9 Å². The van der Waals surface area contributed by atoms with E-state index in [1.807, 2.05) is 0 Å². The molecule has 0 atom stereocenters. The number of nitrogens with one attached hydrogen (secondary N) is 1. The van der Waals surface area contributed by atoms with Crippen molar-refractivity contribution in [2.45, 2.75) is 0 Å². The number of aromatic nitrogens is 2. The Morgan fingerprint density at radius 1 is 1.14 bits per heavy atom. The van der Waals surface area contributed by atoms with Gasteiger partial charge in [-0.2, -0.15) is 0 Å². The van der Waals surface area contributed by atoms with E-state index in [0.717, 1.165) is 5.52 Å². The maximum atomic E-state index is 14.0. The lowest BCUT2D eigenvalue weighted by atomic mass is 10.2. The van der Waals surface area contributed by atoms with Crippen LogP contribution in [0.2, 0.25) is 5.02 Å². The fourth-order valence-electron chi connectivity index (χ4n) is 2.39. The number of benzene rings is 2. The molecule has 2 heterocycles. The lowest BCUT2D eigenvalue weighted by molar-refractivity contribution is 0.172. The summed E-state index contributed by atoms with van der Waals surface area (Å²) in [5.41, 5.74) is 1.68. The minimum absolute atomic E-state index is 0.259. The van der Waals surface area contributed by atoms with Gasteiger partial charge in [-0.3, -0.25) is 0 Å². The van der Waals surface area contributed by atoms with Crippen molar-refractivity contribution in [2.75, 3.05) is 13.2 Å². The predicted molar refractivity (Wildman–Crippen MR) is 77.5 cm³/mol. The average Bonchev–Trinajstić information content (AvgIpc) is 2.86. The van der Waals surface area contributed by atoms with Gasteiger partial charge in [-0.15, -0.1) is 0 Å². The number of nitrogens with zero attached hydrogens (tertiary/aromatic N) is 1. The highest BCUT2D eigenvalue weighted by Gasteiger charge is 2.17. The number of fused-ring (bicyclic) bond motifs is 2. The molecule has 106 valence electrons. The maximum absolute atomic E-state index is 14.0. The second kappa shape index (κ2) is 4.63. The van der Waals surface area contributed by atoms with Crippen molar-refractivity contribution in [1.29, 1.82) is 0 Å². The molecule has 0 saturated carbocycles. The quantitative estimate of drug-likeness (QED) is 0.744. The van der Waals surface area contributed by atoms with Crippen LogP contribution in [0.25, 0.3) is 22.4 Å². The Labute approximate surface area is 124 Å². The number of H-pyrrole nitrogens is 1. The Kier molecular flexibility index (Phi) is 2.75. The van der Waals surface area contributed by atoms with Crippen molar-refractivity contribution in [2.24, 2.45) is 0 Å². The highest BCUT2D eigenvalue weighted by Crippen LogP contribution is 2.36. The number of ether oxygens (including phenoxy) is 2. The van der Waals surface area contributed by atoms with E-state index in [9.17, 15) is 4.39 Å². The summed E-state index contributed by atoms with van der Waals surface area (Å²) in [6.45, 7) is 1.02. The largest absolute Gasteiger partial charge is 0.486 e. The van der Waals surface area contributed by atoms with Crippen molar-refractivity contribution in [1.82, 2.24) is 9.97 Å². The number of rotatable bonds is 1. The van der Waals surface area contributed by atoms with Crippen LogP contribution in [0.15, 0.2) is 30.3 Å². The summed E-state index contributed by atoms with van der Waals surface area (Å²) in [4.78, 5) is 7.47. The molecule has 0 unspecified atom stereocenters. The van der Waals surface area contributed by atoms with Gasteiger partial charge in [0.2, 0.25) is 0 Å². The Hall–Kier alpha value is -2.27. The van der Waals surface area contributed by atoms with Crippen molar-refractivity contribution < 1.29 is 13.9 Å². The molecule has 21 heavy (non-hydrogen) atoms. The topological polar surface area (TPSA) is 47.1 Å². The fourth-order valence-corrected chi connectivity index (χ4v) is 2.64. The van der Waals surface area contributed by atoms with Crippen LogP contribution >= 0.6 is 11.6 Å². The molecule has 1 aromatic heterocycles. The van der Waals surface area contributed by atoms with E-state index in [1.54, 1.807) is 24.3 Å². The van der Waals surface area contributed by atoms with Gasteiger partial charge >= 0.3 is 0 Å². The molecule has 0 bridgehead atoms. The SMILES string of the molecule is Fc1cccc(Cl)c1-c1nc2cc3c(cc2[nH]1)OCCO3. The van der Waals surface area contributed by atoms with Crippen LogP contribution < -0.4 is 9.47 Å². The van der Waals surface area contributed by atoms with E-state index in [2.05, 4.69) is 9.97 Å². The van der Waals surface area contributed by atoms with Gasteiger partial charge in [0.05, 0.1) is 21.6 Å². The molecule has 0 radical (unpaired) electrons. The second-order valence-corrected chi connectivity index (χ2v) is 5.10. The lowest BCUT2D eigenvalue weighted by Gasteiger charge is -2.17. The van der Waals surface area contributed by atoms with Gasteiger partial charge in [0.15, 0.2) is 11.5 Å². The Balaban J connectivity index is 1.91. The number of hydrogen-bond donors (Lipinski definition) is 1. The van der Waals surface area contributed by atoms with Crippen LogP contribution in [-0.4, -0.2) is 23.2 Å². The molecule has 0 fully saturated rings. The first kappa shape index (κ1) is 12.5. The molecule has 1 N–H and O–H groups in total. The first-order valence-corrected chi connectivity index (χ1v) is 6.84. The summed E-state index contributed by atoms with van der Waals surface area (Å²) in [6, 6.07) is 8.12. The third-order valence-electron chi connectivity index (χ3n) is 3.35. The predicted octanol–water partition coefficient (Wildman–Crippen LogP) is 3.79. The van der Waals surface area contributed by atoms with Crippen LogP contribution in [0, 0.1) is 5.82 Å². The van der Waals surface area contributed by atoms with Crippen LogP contribution in [0.3, 0.4) is 0 Å². The zero-order valence-electron chi connectivity index (χ0n) is 10.8. The summed E-state index contributed by atoms with van der Waals surface area (Å²) < 4.78 is 25.0. The highest BCUT2D eigenvalue weighted by molar-refractivity contribution is 6.33. The van der Waals surface area contributed by atoms with Gasteiger partial charge in [0, 0.05) is 12.1 Å². The third kappa shape index (κ3) is 2.01. The number of hydrogen-bond acceptors (Lipinski definition) is 3. The van der Waals surface area contributed by atoms with Gasteiger partial charge in [0.1, 0.15) is 24.9 Å². The molecule has 0 spiro atoms. The summed E-state index contributed by atoms with van der Waals surface area (Å²) in [5, 5.41) is 0.311. The van der Waals surface area contributed by atoms with E-state index in [1.165, 1.54) is 6.07 Å². The van der Waals surface area contributed by atoms with Gasteiger partial charge < -0.3 is 14.5 Å². The molecule has 1 aliphatic rings. The first-order chi connectivity index (χ1) is 10.2. The fraction of sp³-hybridized carbons (Fsp3) is 0.133. The zero-order chi connectivity index (χ0) is 14.4. The molecule has 0 saturated heterocycles.